The first-order valence-electron chi connectivity index (χ1n) is 5.52. The molecule has 0 aliphatic rings. The summed E-state index contributed by atoms with van der Waals surface area (Å²) in [5.41, 5.74) is 1.10. The van der Waals surface area contributed by atoms with Crippen LogP contribution in [0.1, 0.15) is 38.4 Å². The Hall–Kier alpha value is -1.15. The van der Waals surface area contributed by atoms with Crippen LogP contribution in [0.3, 0.4) is 0 Å². The third-order valence-electron chi connectivity index (χ3n) is 2.47. The molecule has 1 heterocycles. The lowest BCUT2D eigenvalue weighted by Gasteiger charge is -2.19. The molecule has 0 saturated carbocycles. The number of allylic oxidation sites excluding steroid dienone is 1. The van der Waals surface area contributed by atoms with Crippen molar-refractivity contribution in [1.29, 1.82) is 0 Å². The van der Waals surface area contributed by atoms with E-state index in [1.54, 1.807) is 0 Å². The molecule has 2 atom stereocenters. The molecule has 0 spiro atoms. The Bertz CT molecular complexity index is 282. The molecule has 1 aromatic heterocycles. The zero-order chi connectivity index (χ0) is 11.1. The van der Waals surface area contributed by atoms with E-state index in [-0.39, 0.29) is 0 Å². The normalized spacial score (nSPS) is 14.5. The van der Waals surface area contributed by atoms with Crippen molar-refractivity contribution in [2.75, 3.05) is 0 Å². The highest BCUT2D eigenvalue weighted by molar-refractivity contribution is 5.07. The van der Waals surface area contributed by atoms with Crippen LogP contribution in [0.5, 0.6) is 0 Å². The molecular weight excluding hydrogens is 184 g/mol. The van der Waals surface area contributed by atoms with E-state index in [4.69, 9.17) is 0 Å². The van der Waals surface area contributed by atoms with Gasteiger partial charge in [-0.05, 0) is 38.8 Å². The first-order valence-corrected chi connectivity index (χ1v) is 5.52. The summed E-state index contributed by atoms with van der Waals surface area (Å²) in [7, 11) is 0. The fraction of sp³-hybridized carbons (Fsp3) is 0.462. The van der Waals surface area contributed by atoms with E-state index in [0.717, 1.165) is 18.5 Å². The van der Waals surface area contributed by atoms with Crippen molar-refractivity contribution in [2.24, 2.45) is 0 Å². The Morgan fingerprint density at radius 2 is 2.27 bits per heavy atom. The van der Waals surface area contributed by atoms with Gasteiger partial charge in [-0.3, -0.25) is 4.98 Å². The third kappa shape index (κ3) is 4.26. The summed E-state index contributed by atoms with van der Waals surface area (Å²) in [6.45, 7) is 8.07. The monoisotopic (exact) mass is 204 g/mol. The highest BCUT2D eigenvalue weighted by atomic mass is 15.0. The molecule has 0 aromatic carbocycles. The lowest BCUT2D eigenvalue weighted by Crippen LogP contribution is -2.29. The fourth-order valence-electron chi connectivity index (χ4n) is 1.60. The molecular formula is C13H20N2. The standard InChI is InChI=1S/C13H20N2/c1-4-5-8-11(2)15-12(3)13-9-6-7-10-14-13/h4,6-7,9-12,15H,1,5,8H2,2-3H3/t11-,12+/m1/s1. The molecule has 15 heavy (non-hydrogen) atoms. The average molecular weight is 204 g/mol. The predicted molar refractivity (Wildman–Crippen MR) is 64.7 cm³/mol. The van der Waals surface area contributed by atoms with Gasteiger partial charge in [0, 0.05) is 18.3 Å². The van der Waals surface area contributed by atoms with E-state index in [1.807, 2.05) is 24.4 Å². The topological polar surface area (TPSA) is 24.9 Å². The molecule has 2 nitrogen and oxygen atoms in total. The van der Waals surface area contributed by atoms with Gasteiger partial charge in [0.25, 0.3) is 0 Å². The van der Waals surface area contributed by atoms with E-state index >= 15 is 0 Å². The second-order valence-corrected chi connectivity index (χ2v) is 3.91. The summed E-state index contributed by atoms with van der Waals surface area (Å²) in [6, 6.07) is 6.83. The summed E-state index contributed by atoms with van der Waals surface area (Å²) in [5, 5.41) is 3.52. The number of hydrogen-bond acceptors (Lipinski definition) is 2. The molecule has 2 heteroatoms. The molecule has 82 valence electrons. The van der Waals surface area contributed by atoms with Gasteiger partial charge in [0.05, 0.1) is 5.69 Å². The average Bonchev–Trinajstić information content (AvgIpc) is 2.27. The number of pyridine rings is 1. The lowest BCUT2D eigenvalue weighted by atomic mass is 10.1. The van der Waals surface area contributed by atoms with E-state index in [1.165, 1.54) is 0 Å². The van der Waals surface area contributed by atoms with Gasteiger partial charge in [0.15, 0.2) is 0 Å². The quantitative estimate of drug-likeness (QED) is 0.720. The van der Waals surface area contributed by atoms with Gasteiger partial charge in [-0.1, -0.05) is 12.1 Å². The predicted octanol–water partition coefficient (Wildman–Crippen LogP) is 3.09. The van der Waals surface area contributed by atoms with Crippen LogP contribution in [-0.2, 0) is 0 Å². The first-order chi connectivity index (χ1) is 7.24. The maximum atomic E-state index is 4.33. The van der Waals surface area contributed by atoms with Crippen molar-refractivity contribution >= 4 is 0 Å². The molecule has 0 radical (unpaired) electrons. The van der Waals surface area contributed by atoms with Gasteiger partial charge in [-0.25, -0.2) is 0 Å². The molecule has 1 aromatic rings. The van der Waals surface area contributed by atoms with Crippen LogP contribution in [0.4, 0.5) is 0 Å². The summed E-state index contributed by atoms with van der Waals surface area (Å²) in [4.78, 5) is 4.33. The molecule has 0 amide bonds. The molecule has 1 rings (SSSR count). The number of nitrogens with one attached hydrogen (secondary N) is 1. The SMILES string of the molecule is C=CCC[C@@H](C)N[C@@H](C)c1ccccn1. The van der Waals surface area contributed by atoms with Gasteiger partial charge in [-0.2, -0.15) is 0 Å². The molecule has 0 aliphatic heterocycles. The maximum absolute atomic E-state index is 4.33. The summed E-state index contributed by atoms with van der Waals surface area (Å²) < 4.78 is 0. The summed E-state index contributed by atoms with van der Waals surface area (Å²) in [5.74, 6) is 0. The highest BCUT2D eigenvalue weighted by Gasteiger charge is 2.08. The molecule has 0 unspecified atom stereocenters. The van der Waals surface area contributed by atoms with E-state index < -0.39 is 0 Å². The number of nitrogens with zero attached hydrogens (tertiary/aromatic N) is 1. The highest BCUT2D eigenvalue weighted by Crippen LogP contribution is 2.10. The Morgan fingerprint density at radius 1 is 1.47 bits per heavy atom. The minimum Gasteiger partial charge on any atom is -0.306 e. The van der Waals surface area contributed by atoms with E-state index in [0.29, 0.717) is 12.1 Å². The van der Waals surface area contributed by atoms with Crippen molar-refractivity contribution in [3.63, 3.8) is 0 Å². The molecule has 0 aliphatic carbocycles. The van der Waals surface area contributed by atoms with Crippen LogP contribution in [-0.4, -0.2) is 11.0 Å². The van der Waals surface area contributed by atoms with Crippen LogP contribution < -0.4 is 5.32 Å². The largest absolute Gasteiger partial charge is 0.306 e. The number of hydrogen-bond donors (Lipinski definition) is 1. The van der Waals surface area contributed by atoms with Crippen molar-refractivity contribution in [3.05, 3.63) is 42.7 Å². The zero-order valence-electron chi connectivity index (χ0n) is 9.61. The summed E-state index contributed by atoms with van der Waals surface area (Å²) >= 11 is 0. The molecule has 0 fully saturated rings. The smallest absolute Gasteiger partial charge is 0.0570 e. The van der Waals surface area contributed by atoms with Crippen molar-refractivity contribution < 1.29 is 0 Å². The van der Waals surface area contributed by atoms with Crippen LogP contribution >= 0.6 is 0 Å². The van der Waals surface area contributed by atoms with Crippen molar-refractivity contribution in [2.45, 2.75) is 38.8 Å². The second kappa shape index (κ2) is 6.36. The Labute approximate surface area is 92.4 Å². The van der Waals surface area contributed by atoms with Crippen LogP contribution in [0.25, 0.3) is 0 Å². The van der Waals surface area contributed by atoms with Gasteiger partial charge in [-0.15, -0.1) is 6.58 Å². The van der Waals surface area contributed by atoms with Crippen LogP contribution in [0, 0.1) is 0 Å². The van der Waals surface area contributed by atoms with Crippen molar-refractivity contribution in [3.8, 4) is 0 Å². The first kappa shape index (κ1) is 11.9. The Balaban J connectivity index is 2.41. The van der Waals surface area contributed by atoms with E-state index in [2.05, 4.69) is 36.8 Å². The minimum absolute atomic E-state index is 0.311. The lowest BCUT2D eigenvalue weighted by molar-refractivity contribution is 0.453. The molecule has 1 N–H and O–H groups in total. The zero-order valence-corrected chi connectivity index (χ0v) is 9.61. The third-order valence-corrected chi connectivity index (χ3v) is 2.47. The minimum atomic E-state index is 0.311. The van der Waals surface area contributed by atoms with E-state index in [9.17, 15) is 0 Å². The Kier molecular flexibility index (Phi) is 5.05. The molecule has 0 bridgehead atoms. The van der Waals surface area contributed by atoms with Gasteiger partial charge in [0.1, 0.15) is 0 Å². The Morgan fingerprint density at radius 3 is 2.87 bits per heavy atom. The van der Waals surface area contributed by atoms with Gasteiger partial charge >= 0.3 is 0 Å². The molecule has 0 saturated heterocycles. The van der Waals surface area contributed by atoms with Crippen LogP contribution in [0.15, 0.2) is 37.1 Å². The second-order valence-electron chi connectivity index (χ2n) is 3.91. The maximum Gasteiger partial charge on any atom is 0.0570 e. The van der Waals surface area contributed by atoms with Gasteiger partial charge in [0.2, 0.25) is 0 Å². The van der Waals surface area contributed by atoms with Crippen LogP contribution in [0.2, 0.25) is 0 Å². The summed E-state index contributed by atoms with van der Waals surface area (Å²) in [6.07, 6.45) is 5.98. The number of rotatable bonds is 6. The van der Waals surface area contributed by atoms with Crippen molar-refractivity contribution in [1.82, 2.24) is 10.3 Å². The van der Waals surface area contributed by atoms with Gasteiger partial charge < -0.3 is 5.32 Å². The fourth-order valence-corrected chi connectivity index (χ4v) is 1.60. The number of aromatic nitrogens is 1.